The molecular formula is C24H18O13. The first-order chi connectivity index (χ1) is 17.4. The van der Waals surface area contributed by atoms with Gasteiger partial charge in [-0.15, -0.1) is 0 Å². The summed E-state index contributed by atoms with van der Waals surface area (Å²) in [6.45, 7) is 0. The Kier molecular flexibility index (Phi) is 6.03. The molecule has 0 unspecified atom stereocenters. The Hall–Kier alpha value is -5.72. The van der Waals surface area contributed by atoms with Gasteiger partial charge >= 0.3 is 0 Å². The van der Waals surface area contributed by atoms with E-state index in [0.29, 0.717) is 0 Å². The lowest BCUT2D eigenvalue weighted by atomic mass is 10.2. The van der Waals surface area contributed by atoms with Crippen LogP contribution < -0.4 is 14.2 Å². The van der Waals surface area contributed by atoms with Crippen molar-refractivity contribution in [3.63, 3.8) is 0 Å². The Morgan fingerprint density at radius 2 is 0.703 bits per heavy atom. The Labute approximate surface area is 206 Å². The SMILES string of the molecule is Oc1cc(O)c(Oc2cc(O)cc(O)c2Oc2cc(O)c(Oc3cc(O)c(O)c(O)c3)c(O)c2)c(O)c1. The maximum atomic E-state index is 10.4. The molecule has 0 aliphatic rings. The average molecular weight is 514 g/mol. The predicted molar refractivity (Wildman–Crippen MR) is 123 cm³/mol. The molecule has 37 heavy (non-hydrogen) atoms. The highest BCUT2D eigenvalue weighted by Crippen LogP contribution is 2.51. The van der Waals surface area contributed by atoms with Gasteiger partial charge in [-0.05, 0) is 0 Å². The third-order valence-electron chi connectivity index (χ3n) is 4.77. The monoisotopic (exact) mass is 514 g/mol. The molecule has 13 nitrogen and oxygen atoms in total. The Morgan fingerprint density at radius 1 is 0.351 bits per heavy atom. The largest absolute Gasteiger partial charge is 0.508 e. The van der Waals surface area contributed by atoms with Gasteiger partial charge in [-0.1, -0.05) is 0 Å². The summed E-state index contributed by atoms with van der Waals surface area (Å²) in [5.74, 6) is -9.19. The summed E-state index contributed by atoms with van der Waals surface area (Å²) >= 11 is 0. The van der Waals surface area contributed by atoms with E-state index in [1.54, 1.807) is 0 Å². The summed E-state index contributed by atoms with van der Waals surface area (Å²) in [6.07, 6.45) is 0. The molecule has 13 heteroatoms. The quantitative estimate of drug-likeness (QED) is 0.163. The number of hydrogen-bond acceptors (Lipinski definition) is 13. The highest BCUT2D eigenvalue weighted by molar-refractivity contribution is 5.63. The van der Waals surface area contributed by atoms with E-state index in [1.807, 2.05) is 0 Å². The zero-order chi connectivity index (χ0) is 27.0. The molecule has 0 aliphatic heterocycles. The second-order valence-corrected chi connectivity index (χ2v) is 7.51. The van der Waals surface area contributed by atoms with Crippen molar-refractivity contribution in [3.8, 4) is 92.0 Å². The van der Waals surface area contributed by atoms with E-state index in [2.05, 4.69) is 0 Å². The van der Waals surface area contributed by atoms with Crippen LogP contribution >= 0.6 is 0 Å². The van der Waals surface area contributed by atoms with Crippen molar-refractivity contribution in [1.82, 2.24) is 0 Å². The minimum atomic E-state index is -0.801. The van der Waals surface area contributed by atoms with Gasteiger partial charge in [-0.25, -0.2) is 0 Å². The van der Waals surface area contributed by atoms with Crippen LogP contribution in [0, 0.1) is 0 Å². The van der Waals surface area contributed by atoms with Crippen LogP contribution in [0.25, 0.3) is 0 Å². The molecule has 0 spiro atoms. The molecule has 0 aromatic heterocycles. The summed E-state index contributed by atoms with van der Waals surface area (Å²) < 4.78 is 16.2. The molecule has 10 N–H and O–H groups in total. The Balaban J connectivity index is 1.68. The maximum absolute atomic E-state index is 10.4. The van der Waals surface area contributed by atoms with Gasteiger partial charge in [0.2, 0.25) is 23.0 Å². The first-order valence-corrected chi connectivity index (χ1v) is 10.1. The molecule has 0 aliphatic carbocycles. The topological polar surface area (TPSA) is 230 Å². The van der Waals surface area contributed by atoms with E-state index in [1.165, 1.54) is 0 Å². The van der Waals surface area contributed by atoms with Crippen molar-refractivity contribution >= 4 is 0 Å². The van der Waals surface area contributed by atoms with Gasteiger partial charge in [0.05, 0.1) is 0 Å². The van der Waals surface area contributed by atoms with Gasteiger partial charge in [0.1, 0.15) is 23.0 Å². The van der Waals surface area contributed by atoms with Crippen LogP contribution in [0.2, 0.25) is 0 Å². The third-order valence-corrected chi connectivity index (χ3v) is 4.77. The van der Waals surface area contributed by atoms with Crippen LogP contribution in [0.1, 0.15) is 0 Å². The van der Waals surface area contributed by atoms with Gasteiger partial charge in [0, 0.05) is 48.5 Å². The van der Waals surface area contributed by atoms with Crippen LogP contribution in [0.3, 0.4) is 0 Å². The molecule has 0 amide bonds. The van der Waals surface area contributed by atoms with Crippen molar-refractivity contribution in [2.24, 2.45) is 0 Å². The normalized spacial score (nSPS) is 10.7. The second-order valence-electron chi connectivity index (χ2n) is 7.51. The molecule has 4 aromatic carbocycles. The van der Waals surface area contributed by atoms with Gasteiger partial charge < -0.3 is 65.3 Å². The van der Waals surface area contributed by atoms with E-state index in [0.717, 1.165) is 48.5 Å². The van der Waals surface area contributed by atoms with Gasteiger partial charge in [-0.3, -0.25) is 0 Å². The lowest BCUT2D eigenvalue weighted by Gasteiger charge is -2.17. The van der Waals surface area contributed by atoms with E-state index >= 15 is 0 Å². The summed E-state index contributed by atoms with van der Waals surface area (Å²) in [5, 5.41) is 98.9. The lowest BCUT2D eigenvalue weighted by molar-refractivity contribution is 0.339. The fourth-order valence-electron chi connectivity index (χ4n) is 3.16. The highest BCUT2D eigenvalue weighted by atomic mass is 16.5. The number of aromatic hydroxyl groups is 10. The summed E-state index contributed by atoms with van der Waals surface area (Å²) in [4.78, 5) is 0. The predicted octanol–water partition coefficient (Wildman–Crippen LogP) is 4.12. The zero-order valence-electron chi connectivity index (χ0n) is 18.3. The van der Waals surface area contributed by atoms with E-state index in [4.69, 9.17) is 14.2 Å². The first kappa shape index (κ1) is 24.4. The Morgan fingerprint density at radius 3 is 1.22 bits per heavy atom. The molecule has 0 radical (unpaired) electrons. The fraction of sp³-hybridized carbons (Fsp3) is 0. The molecule has 0 bridgehead atoms. The number of phenolic OH excluding ortho intramolecular Hbond substituents is 10. The van der Waals surface area contributed by atoms with Gasteiger partial charge in [-0.2, -0.15) is 0 Å². The fourth-order valence-corrected chi connectivity index (χ4v) is 3.16. The lowest BCUT2D eigenvalue weighted by Crippen LogP contribution is -1.93. The van der Waals surface area contributed by atoms with Crippen molar-refractivity contribution in [2.75, 3.05) is 0 Å². The Bertz CT molecular complexity index is 1440. The van der Waals surface area contributed by atoms with Crippen LogP contribution in [0.15, 0.2) is 48.5 Å². The van der Waals surface area contributed by atoms with Crippen molar-refractivity contribution < 1.29 is 65.3 Å². The summed E-state index contributed by atoms with van der Waals surface area (Å²) in [5.41, 5.74) is 0. The van der Waals surface area contributed by atoms with Gasteiger partial charge in [0.15, 0.2) is 46.0 Å². The number of benzene rings is 4. The number of hydrogen-bond donors (Lipinski definition) is 10. The molecule has 0 saturated heterocycles. The molecule has 0 atom stereocenters. The molecule has 0 heterocycles. The van der Waals surface area contributed by atoms with Crippen LogP contribution in [0.4, 0.5) is 0 Å². The average Bonchev–Trinajstić information content (AvgIpc) is 2.79. The molecule has 192 valence electrons. The maximum Gasteiger partial charge on any atom is 0.211 e. The number of rotatable bonds is 6. The van der Waals surface area contributed by atoms with E-state index in [9.17, 15) is 51.1 Å². The summed E-state index contributed by atoms with van der Waals surface area (Å²) in [6, 6.07) is 7.26. The minimum Gasteiger partial charge on any atom is -0.508 e. The number of phenols is 10. The zero-order valence-corrected chi connectivity index (χ0v) is 18.3. The molecular weight excluding hydrogens is 496 g/mol. The smallest absolute Gasteiger partial charge is 0.211 e. The standard InChI is InChI=1S/C24H18O13/c25-9-1-15(29)23(16(30)2-9)37-20-4-10(26)3-17(31)24(20)36-12-7-18(32)22(19(33)8-12)35-11-5-13(27)21(34)14(28)6-11/h1-8,25-34H. The third kappa shape index (κ3) is 4.90. The van der Waals surface area contributed by atoms with Gasteiger partial charge in [0.25, 0.3) is 0 Å². The van der Waals surface area contributed by atoms with Crippen molar-refractivity contribution in [3.05, 3.63) is 48.5 Å². The molecule has 4 aromatic rings. The van der Waals surface area contributed by atoms with Crippen molar-refractivity contribution in [1.29, 1.82) is 0 Å². The summed E-state index contributed by atoms with van der Waals surface area (Å²) in [7, 11) is 0. The van der Waals surface area contributed by atoms with Crippen molar-refractivity contribution in [2.45, 2.75) is 0 Å². The second kappa shape index (κ2) is 9.14. The van der Waals surface area contributed by atoms with E-state index in [-0.39, 0.29) is 11.5 Å². The first-order valence-electron chi connectivity index (χ1n) is 10.1. The molecule has 0 saturated carbocycles. The minimum absolute atomic E-state index is 0.257. The van der Waals surface area contributed by atoms with Crippen LogP contribution in [-0.4, -0.2) is 51.1 Å². The van der Waals surface area contributed by atoms with Crippen LogP contribution in [0.5, 0.6) is 92.0 Å². The highest BCUT2D eigenvalue weighted by Gasteiger charge is 2.22. The molecule has 0 fully saturated rings. The van der Waals surface area contributed by atoms with Crippen LogP contribution in [-0.2, 0) is 0 Å². The van der Waals surface area contributed by atoms with E-state index < -0.39 is 80.5 Å². The number of ether oxygens (including phenoxy) is 3. The molecule has 4 rings (SSSR count).